The van der Waals surface area contributed by atoms with Crippen LogP contribution in [0.3, 0.4) is 0 Å². The molecule has 1 unspecified atom stereocenters. The third-order valence-electron chi connectivity index (χ3n) is 3.41. The third-order valence-corrected chi connectivity index (χ3v) is 4.23. The zero-order valence-corrected chi connectivity index (χ0v) is 13.3. The van der Waals surface area contributed by atoms with Gasteiger partial charge >= 0.3 is 0 Å². The summed E-state index contributed by atoms with van der Waals surface area (Å²) in [6.45, 7) is 2.77. The second kappa shape index (κ2) is 5.81. The van der Waals surface area contributed by atoms with Crippen LogP contribution in [0.2, 0.25) is 5.02 Å². The molecule has 0 bridgehead atoms. The van der Waals surface area contributed by atoms with Crippen LogP contribution in [0.4, 0.5) is 0 Å². The summed E-state index contributed by atoms with van der Waals surface area (Å²) < 4.78 is 6.29. The largest absolute Gasteiger partial charge is 0.334 e. The van der Waals surface area contributed by atoms with E-state index >= 15 is 0 Å². The van der Waals surface area contributed by atoms with Crippen molar-refractivity contribution in [2.45, 2.75) is 6.04 Å². The molecule has 1 atom stereocenters. The molecule has 0 amide bonds. The Morgan fingerprint density at radius 1 is 1.50 bits per heavy atom. The number of piperazine rings is 1. The topological polar surface area (TPSA) is 54.2 Å². The normalized spacial score (nSPS) is 20.2. The van der Waals surface area contributed by atoms with Crippen molar-refractivity contribution in [2.24, 2.45) is 0 Å². The highest BCUT2D eigenvalue weighted by molar-refractivity contribution is 9.10. The molecular formula is C13H14BrClN4O. The Kier molecular flexibility index (Phi) is 4.07. The van der Waals surface area contributed by atoms with Gasteiger partial charge in [-0.05, 0) is 25.2 Å². The van der Waals surface area contributed by atoms with Gasteiger partial charge < -0.3 is 9.84 Å². The lowest BCUT2D eigenvalue weighted by Crippen LogP contribution is -2.44. The van der Waals surface area contributed by atoms with E-state index in [0.717, 1.165) is 29.7 Å². The summed E-state index contributed by atoms with van der Waals surface area (Å²) in [7, 11) is 2.06. The standard InChI is InChI=1S/C13H14BrClN4O/c1-19-5-4-16-7-11(19)12-17-13(20-18-12)9-6-8(14)2-3-10(9)15/h2-3,6,11,16H,4-5,7H2,1H3. The number of nitrogens with zero attached hydrogens (tertiary/aromatic N) is 3. The van der Waals surface area contributed by atoms with Crippen molar-refractivity contribution in [3.8, 4) is 11.5 Å². The zero-order chi connectivity index (χ0) is 14.1. The van der Waals surface area contributed by atoms with Gasteiger partial charge in [-0.3, -0.25) is 4.90 Å². The molecule has 1 saturated heterocycles. The lowest BCUT2D eigenvalue weighted by molar-refractivity contribution is 0.190. The molecule has 0 aliphatic carbocycles. The van der Waals surface area contributed by atoms with Crippen LogP contribution in [0.1, 0.15) is 11.9 Å². The molecule has 1 aliphatic rings. The lowest BCUT2D eigenvalue weighted by Gasteiger charge is -2.30. The van der Waals surface area contributed by atoms with Gasteiger partial charge in [0.1, 0.15) is 0 Å². The van der Waals surface area contributed by atoms with Gasteiger partial charge in [-0.1, -0.05) is 32.7 Å². The molecule has 0 spiro atoms. The molecule has 20 heavy (non-hydrogen) atoms. The molecule has 3 rings (SSSR count). The summed E-state index contributed by atoms with van der Waals surface area (Å²) in [4.78, 5) is 6.71. The summed E-state index contributed by atoms with van der Waals surface area (Å²) in [6, 6.07) is 5.69. The van der Waals surface area contributed by atoms with E-state index in [4.69, 9.17) is 16.1 Å². The average molecular weight is 358 g/mol. The van der Waals surface area contributed by atoms with Gasteiger partial charge in [0.25, 0.3) is 5.89 Å². The monoisotopic (exact) mass is 356 g/mol. The molecule has 1 aromatic carbocycles. The van der Waals surface area contributed by atoms with Crippen molar-refractivity contribution in [1.29, 1.82) is 0 Å². The summed E-state index contributed by atoms with van der Waals surface area (Å²) in [6.07, 6.45) is 0. The fraction of sp³-hybridized carbons (Fsp3) is 0.385. The van der Waals surface area contributed by atoms with Crippen LogP contribution in [0.25, 0.3) is 11.5 Å². The number of benzene rings is 1. The summed E-state index contributed by atoms with van der Waals surface area (Å²) in [5.74, 6) is 1.14. The number of rotatable bonds is 2. The van der Waals surface area contributed by atoms with Gasteiger partial charge in [0.2, 0.25) is 0 Å². The number of aromatic nitrogens is 2. The van der Waals surface area contributed by atoms with E-state index in [1.807, 2.05) is 12.1 Å². The first kappa shape index (κ1) is 14.0. The first-order valence-corrected chi connectivity index (χ1v) is 7.52. The Labute approximate surface area is 130 Å². The third kappa shape index (κ3) is 2.74. The molecule has 1 fully saturated rings. The molecule has 1 aromatic heterocycles. The van der Waals surface area contributed by atoms with Crippen LogP contribution in [0.5, 0.6) is 0 Å². The number of nitrogens with one attached hydrogen (secondary N) is 1. The average Bonchev–Trinajstić information content (AvgIpc) is 2.91. The van der Waals surface area contributed by atoms with Crippen molar-refractivity contribution in [1.82, 2.24) is 20.4 Å². The molecule has 1 aliphatic heterocycles. The van der Waals surface area contributed by atoms with E-state index in [1.54, 1.807) is 6.07 Å². The number of likely N-dealkylation sites (N-methyl/N-ethyl adjacent to an activating group) is 1. The van der Waals surface area contributed by atoms with Crippen LogP contribution in [0.15, 0.2) is 27.2 Å². The lowest BCUT2D eigenvalue weighted by atomic mass is 10.2. The van der Waals surface area contributed by atoms with Crippen LogP contribution in [-0.2, 0) is 0 Å². The van der Waals surface area contributed by atoms with Gasteiger partial charge in [-0.25, -0.2) is 0 Å². The summed E-state index contributed by atoms with van der Waals surface area (Å²) >= 11 is 9.60. The molecule has 2 heterocycles. The van der Waals surface area contributed by atoms with Gasteiger partial charge in [0.05, 0.1) is 16.6 Å². The molecular weight excluding hydrogens is 344 g/mol. The van der Waals surface area contributed by atoms with Crippen LogP contribution < -0.4 is 5.32 Å². The van der Waals surface area contributed by atoms with E-state index in [2.05, 4.69) is 43.3 Å². The van der Waals surface area contributed by atoms with Crippen molar-refractivity contribution >= 4 is 27.5 Å². The Morgan fingerprint density at radius 3 is 3.15 bits per heavy atom. The van der Waals surface area contributed by atoms with Crippen molar-refractivity contribution in [3.05, 3.63) is 33.5 Å². The van der Waals surface area contributed by atoms with Crippen LogP contribution >= 0.6 is 27.5 Å². The highest BCUT2D eigenvalue weighted by atomic mass is 79.9. The second-order valence-corrected chi connectivity index (χ2v) is 6.11. The first-order valence-electron chi connectivity index (χ1n) is 6.35. The summed E-state index contributed by atoms with van der Waals surface area (Å²) in [5, 5.41) is 8.03. The fourth-order valence-corrected chi connectivity index (χ4v) is 2.79. The van der Waals surface area contributed by atoms with Gasteiger partial charge in [-0.15, -0.1) is 0 Å². The molecule has 0 saturated carbocycles. The highest BCUT2D eigenvalue weighted by Crippen LogP contribution is 2.30. The van der Waals surface area contributed by atoms with E-state index in [-0.39, 0.29) is 6.04 Å². The number of hydrogen-bond acceptors (Lipinski definition) is 5. The van der Waals surface area contributed by atoms with E-state index < -0.39 is 0 Å². The first-order chi connectivity index (χ1) is 9.65. The number of halogens is 2. The predicted molar refractivity (Wildman–Crippen MR) is 80.7 cm³/mol. The SMILES string of the molecule is CN1CCNCC1c1noc(-c2cc(Br)ccc2Cl)n1. The maximum atomic E-state index is 6.18. The Hall–Kier alpha value is -0.950. The Bertz CT molecular complexity index is 618. The van der Waals surface area contributed by atoms with Crippen LogP contribution in [-0.4, -0.2) is 41.7 Å². The zero-order valence-electron chi connectivity index (χ0n) is 10.9. The van der Waals surface area contributed by atoms with Gasteiger partial charge in [0.15, 0.2) is 5.82 Å². The van der Waals surface area contributed by atoms with Crippen LogP contribution in [0, 0.1) is 0 Å². The molecule has 106 valence electrons. The molecule has 0 radical (unpaired) electrons. The Morgan fingerprint density at radius 2 is 2.35 bits per heavy atom. The van der Waals surface area contributed by atoms with Gasteiger partial charge in [0, 0.05) is 24.1 Å². The van der Waals surface area contributed by atoms with Crippen molar-refractivity contribution in [2.75, 3.05) is 26.7 Å². The Balaban J connectivity index is 1.91. The molecule has 1 N–H and O–H groups in total. The molecule has 7 heteroatoms. The molecule has 5 nitrogen and oxygen atoms in total. The second-order valence-electron chi connectivity index (χ2n) is 4.78. The summed E-state index contributed by atoms with van der Waals surface area (Å²) in [5.41, 5.74) is 0.742. The highest BCUT2D eigenvalue weighted by Gasteiger charge is 2.25. The maximum Gasteiger partial charge on any atom is 0.259 e. The molecule has 2 aromatic rings. The fourth-order valence-electron chi connectivity index (χ4n) is 2.24. The minimum atomic E-state index is 0.132. The van der Waals surface area contributed by atoms with Crippen molar-refractivity contribution < 1.29 is 4.52 Å². The van der Waals surface area contributed by atoms with E-state index in [0.29, 0.717) is 16.7 Å². The predicted octanol–water partition coefficient (Wildman–Crippen LogP) is 2.73. The van der Waals surface area contributed by atoms with E-state index in [1.165, 1.54) is 0 Å². The maximum absolute atomic E-state index is 6.18. The van der Waals surface area contributed by atoms with E-state index in [9.17, 15) is 0 Å². The smallest absolute Gasteiger partial charge is 0.259 e. The number of hydrogen-bond donors (Lipinski definition) is 1. The van der Waals surface area contributed by atoms with Crippen molar-refractivity contribution in [3.63, 3.8) is 0 Å². The minimum absolute atomic E-state index is 0.132. The van der Waals surface area contributed by atoms with Gasteiger partial charge in [-0.2, -0.15) is 4.98 Å². The quantitative estimate of drug-likeness (QED) is 0.895. The minimum Gasteiger partial charge on any atom is -0.334 e.